The molecule has 0 bridgehead atoms. The van der Waals surface area contributed by atoms with Crippen molar-refractivity contribution < 1.29 is 34.8 Å². The van der Waals surface area contributed by atoms with Gasteiger partial charge in [-0.05, 0) is 68.4 Å². The zero-order valence-corrected chi connectivity index (χ0v) is 19.9. The smallest absolute Gasteiger partial charge is 0.394 e. The van der Waals surface area contributed by atoms with Crippen molar-refractivity contribution in [3.8, 4) is 0 Å². The number of halogens is 3. The molecular formula is C20H27F3N4O5S2. The van der Waals surface area contributed by atoms with Crippen LogP contribution in [-0.4, -0.2) is 58.7 Å². The lowest BCUT2D eigenvalue weighted by atomic mass is 9.90. The van der Waals surface area contributed by atoms with Crippen LogP contribution in [0.4, 0.5) is 18.9 Å². The lowest BCUT2D eigenvalue weighted by Crippen LogP contribution is -2.38. The number of rotatable bonds is 7. The van der Waals surface area contributed by atoms with Gasteiger partial charge in [0.1, 0.15) is 0 Å². The molecule has 1 aliphatic heterocycles. The van der Waals surface area contributed by atoms with E-state index in [-0.39, 0.29) is 28.2 Å². The molecular weight excluding hydrogens is 497 g/mol. The number of anilines is 1. The van der Waals surface area contributed by atoms with E-state index >= 15 is 0 Å². The van der Waals surface area contributed by atoms with Crippen LogP contribution >= 0.6 is 0 Å². The standard InChI is InChI=1S/C20H27F3N4O5S2/c21-20(22,23)13-33(29,30)25-15-7-9-17(10-8-15)34(31,32)26-16-5-3-14(4-6-16)18(24)19(28)27-11-1-2-12-27/h7-10,16,25-26H,1-6,11-13,24H2. The lowest BCUT2D eigenvalue weighted by molar-refractivity contribution is -0.126. The fraction of sp³-hybridized carbons (Fsp3) is 0.550. The van der Waals surface area contributed by atoms with Gasteiger partial charge in [0, 0.05) is 24.8 Å². The molecule has 9 nitrogen and oxygen atoms in total. The number of amides is 1. The van der Waals surface area contributed by atoms with E-state index in [1.807, 2.05) is 0 Å². The van der Waals surface area contributed by atoms with Crippen molar-refractivity contribution in [3.63, 3.8) is 0 Å². The lowest BCUT2D eigenvalue weighted by Gasteiger charge is -2.26. The second-order valence-corrected chi connectivity index (χ2v) is 11.8. The van der Waals surface area contributed by atoms with Crippen molar-refractivity contribution in [1.82, 2.24) is 9.62 Å². The Balaban J connectivity index is 1.58. The summed E-state index contributed by atoms with van der Waals surface area (Å²) in [4.78, 5) is 14.0. The number of allylic oxidation sites excluding steroid dienone is 1. The molecule has 0 spiro atoms. The van der Waals surface area contributed by atoms with Crippen LogP contribution in [0.5, 0.6) is 0 Å². The summed E-state index contributed by atoms with van der Waals surface area (Å²) in [6.07, 6.45) is -1.11. The Bertz CT molecular complexity index is 1130. The van der Waals surface area contributed by atoms with Gasteiger partial charge in [-0.25, -0.2) is 21.6 Å². The van der Waals surface area contributed by atoms with E-state index < -0.39 is 32.0 Å². The fourth-order valence-electron chi connectivity index (χ4n) is 4.02. The molecule has 0 unspecified atom stereocenters. The Morgan fingerprint density at radius 1 is 1.03 bits per heavy atom. The van der Waals surface area contributed by atoms with Crippen LogP contribution < -0.4 is 15.2 Å². The van der Waals surface area contributed by atoms with Crippen LogP contribution in [0.3, 0.4) is 0 Å². The van der Waals surface area contributed by atoms with Crippen LogP contribution in [0, 0.1) is 0 Å². The highest BCUT2D eigenvalue weighted by atomic mass is 32.2. The fourth-order valence-corrected chi connectivity index (χ4v) is 6.32. The van der Waals surface area contributed by atoms with Crippen molar-refractivity contribution in [3.05, 3.63) is 35.5 Å². The molecule has 2 aliphatic rings. The van der Waals surface area contributed by atoms with Gasteiger partial charge in [0.05, 0.1) is 10.6 Å². The highest BCUT2D eigenvalue weighted by Crippen LogP contribution is 2.27. The number of alkyl halides is 3. The van der Waals surface area contributed by atoms with Gasteiger partial charge in [-0.3, -0.25) is 9.52 Å². The molecule has 1 aromatic rings. The Kier molecular flexibility index (Phi) is 7.82. The molecule has 1 saturated carbocycles. The molecule has 0 radical (unpaired) electrons. The monoisotopic (exact) mass is 524 g/mol. The summed E-state index contributed by atoms with van der Waals surface area (Å²) in [7, 11) is -8.62. The minimum Gasteiger partial charge on any atom is -0.394 e. The van der Waals surface area contributed by atoms with E-state index in [4.69, 9.17) is 5.73 Å². The van der Waals surface area contributed by atoms with Crippen molar-refractivity contribution in [2.45, 2.75) is 55.6 Å². The Morgan fingerprint density at radius 3 is 2.12 bits per heavy atom. The van der Waals surface area contributed by atoms with E-state index in [0.717, 1.165) is 42.7 Å². The molecule has 1 heterocycles. The highest BCUT2D eigenvalue weighted by molar-refractivity contribution is 7.92. The SMILES string of the molecule is NC(C(=O)N1CCCC1)=C1CCC(NS(=O)(=O)c2ccc(NS(=O)(=O)CC(F)(F)F)cc2)CC1. The van der Waals surface area contributed by atoms with Crippen LogP contribution in [0.2, 0.25) is 0 Å². The van der Waals surface area contributed by atoms with Gasteiger partial charge < -0.3 is 10.6 Å². The second-order valence-electron chi connectivity index (χ2n) is 8.41. The third-order valence-electron chi connectivity index (χ3n) is 5.71. The maximum absolute atomic E-state index is 12.7. The quantitative estimate of drug-likeness (QED) is 0.467. The molecule has 1 saturated heterocycles. The first-order valence-electron chi connectivity index (χ1n) is 10.7. The summed E-state index contributed by atoms with van der Waals surface area (Å²) < 4.78 is 89.8. The van der Waals surface area contributed by atoms with Crippen molar-refractivity contribution in [2.24, 2.45) is 5.73 Å². The maximum Gasteiger partial charge on any atom is 0.404 e. The second kappa shape index (κ2) is 10.1. The van der Waals surface area contributed by atoms with Crippen molar-refractivity contribution in [1.29, 1.82) is 0 Å². The van der Waals surface area contributed by atoms with Crippen molar-refractivity contribution in [2.75, 3.05) is 23.6 Å². The molecule has 4 N–H and O–H groups in total. The third-order valence-corrected chi connectivity index (χ3v) is 8.50. The summed E-state index contributed by atoms with van der Waals surface area (Å²) >= 11 is 0. The molecule has 190 valence electrons. The minimum atomic E-state index is -4.90. The van der Waals surface area contributed by atoms with Gasteiger partial charge >= 0.3 is 6.18 Å². The van der Waals surface area contributed by atoms with Crippen LogP contribution in [0.15, 0.2) is 40.4 Å². The predicted octanol–water partition coefficient (Wildman–Crippen LogP) is 2.05. The van der Waals surface area contributed by atoms with Gasteiger partial charge in [-0.2, -0.15) is 13.2 Å². The first-order chi connectivity index (χ1) is 15.8. The van der Waals surface area contributed by atoms with Gasteiger partial charge in [0.15, 0.2) is 5.75 Å². The van der Waals surface area contributed by atoms with E-state index in [9.17, 15) is 34.8 Å². The topological polar surface area (TPSA) is 139 Å². The number of sulfonamides is 2. The number of nitrogens with two attached hydrogens (primary N) is 1. The van der Waals surface area contributed by atoms with Gasteiger partial charge in [-0.15, -0.1) is 0 Å². The predicted molar refractivity (Wildman–Crippen MR) is 120 cm³/mol. The number of hydrogen-bond acceptors (Lipinski definition) is 6. The van der Waals surface area contributed by atoms with Gasteiger partial charge in [0.25, 0.3) is 5.91 Å². The van der Waals surface area contributed by atoms with Crippen LogP contribution in [0.1, 0.15) is 38.5 Å². The van der Waals surface area contributed by atoms with Crippen LogP contribution in [0.25, 0.3) is 0 Å². The summed E-state index contributed by atoms with van der Waals surface area (Å²) in [5.74, 6) is -2.22. The van der Waals surface area contributed by atoms with E-state index in [2.05, 4.69) is 4.72 Å². The summed E-state index contributed by atoms with van der Waals surface area (Å²) in [5, 5.41) is 0. The van der Waals surface area contributed by atoms with Gasteiger partial charge in [-0.1, -0.05) is 0 Å². The Morgan fingerprint density at radius 2 is 1.59 bits per heavy atom. The minimum absolute atomic E-state index is 0.156. The molecule has 1 aliphatic carbocycles. The first-order valence-corrected chi connectivity index (χ1v) is 13.9. The van der Waals surface area contributed by atoms with Gasteiger partial charge in [0.2, 0.25) is 20.0 Å². The molecule has 34 heavy (non-hydrogen) atoms. The van der Waals surface area contributed by atoms with Crippen molar-refractivity contribution >= 4 is 31.6 Å². The summed E-state index contributed by atoms with van der Waals surface area (Å²) in [6, 6.07) is 3.99. The van der Waals surface area contributed by atoms with Crippen LogP contribution in [-0.2, 0) is 24.8 Å². The first kappa shape index (κ1) is 26.3. The number of nitrogens with zero attached hydrogens (tertiary/aromatic N) is 1. The van der Waals surface area contributed by atoms with E-state index in [1.54, 1.807) is 9.62 Å². The third kappa shape index (κ3) is 7.09. The summed E-state index contributed by atoms with van der Waals surface area (Å²) in [5.41, 5.74) is 6.94. The number of carbonyl (C=O) groups is 1. The zero-order valence-electron chi connectivity index (χ0n) is 18.3. The Hall–Kier alpha value is -2.32. The van der Waals surface area contributed by atoms with E-state index in [0.29, 0.717) is 38.8 Å². The zero-order chi connectivity index (χ0) is 25.1. The van der Waals surface area contributed by atoms with E-state index in [1.165, 1.54) is 0 Å². The number of nitrogens with one attached hydrogen (secondary N) is 2. The molecule has 3 rings (SSSR count). The normalized spacial score (nSPS) is 19.8. The molecule has 14 heteroatoms. The molecule has 0 aromatic heterocycles. The Labute approximate surface area is 196 Å². The summed E-state index contributed by atoms with van der Waals surface area (Å²) in [6.45, 7) is 1.38. The maximum atomic E-state index is 12.7. The average molecular weight is 525 g/mol. The largest absolute Gasteiger partial charge is 0.404 e. The average Bonchev–Trinajstić information content (AvgIpc) is 3.26. The molecule has 2 fully saturated rings. The highest BCUT2D eigenvalue weighted by Gasteiger charge is 2.35. The molecule has 0 atom stereocenters. The molecule has 1 aromatic carbocycles. The number of likely N-dealkylation sites (tertiary alicyclic amines) is 1. The number of hydrogen-bond donors (Lipinski definition) is 3. The number of carbonyl (C=O) groups excluding carboxylic acids is 1. The number of benzene rings is 1. The molecule has 1 amide bonds.